The maximum atomic E-state index is 3.11. The molecule has 0 amide bonds. The van der Waals surface area contributed by atoms with Crippen molar-refractivity contribution < 1.29 is 4.98 Å². The minimum atomic E-state index is 0.733. The molecule has 0 aromatic carbocycles. The summed E-state index contributed by atoms with van der Waals surface area (Å²) in [6, 6.07) is 0. The zero-order chi connectivity index (χ0) is 6.69. The van der Waals surface area contributed by atoms with Crippen LogP contribution in [-0.4, -0.2) is 4.98 Å². The van der Waals surface area contributed by atoms with Gasteiger partial charge in [0.15, 0.2) is 0 Å². The van der Waals surface area contributed by atoms with Crippen LogP contribution < -0.4 is 4.98 Å². The Kier molecular flexibility index (Phi) is 1.88. The largest absolute Gasteiger partial charge is 0.250 e. The number of imidazole rings is 1. The van der Waals surface area contributed by atoms with Gasteiger partial charge < -0.3 is 0 Å². The van der Waals surface area contributed by atoms with Gasteiger partial charge in [0, 0.05) is 6.42 Å². The summed E-state index contributed by atoms with van der Waals surface area (Å²) >= 11 is 0. The Morgan fingerprint density at radius 1 is 1.67 bits per heavy atom. The number of nitrogens with one attached hydrogen (secondary N) is 2. The Balaban J connectivity index is 2.48. The second-order valence-corrected chi connectivity index (χ2v) is 2.72. The topological polar surface area (TPSA) is 29.9 Å². The summed E-state index contributed by atoms with van der Waals surface area (Å²) in [5, 5.41) is 0. The number of rotatable bonds is 2. The molecule has 0 saturated heterocycles. The Bertz CT molecular complexity index is 153. The Morgan fingerprint density at radius 3 is 2.89 bits per heavy atom. The summed E-state index contributed by atoms with van der Waals surface area (Å²) in [7, 11) is 0. The van der Waals surface area contributed by atoms with E-state index >= 15 is 0 Å². The van der Waals surface area contributed by atoms with Crippen molar-refractivity contribution in [1.82, 2.24) is 4.98 Å². The maximum Gasteiger partial charge on any atom is 0.239 e. The van der Waals surface area contributed by atoms with E-state index in [9.17, 15) is 0 Å². The van der Waals surface area contributed by atoms with Crippen molar-refractivity contribution in [2.45, 2.75) is 20.3 Å². The third-order valence-corrected chi connectivity index (χ3v) is 1.23. The fraction of sp³-hybridized carbons (Fsp3) is 0.571. The van der Waals surface area contributed by atoms with E-state index in [4.69, 9.17) is 0 Å². The molecule has 0 spiro atoms. The van der Waals surface area contributed by atoms with Crippen molar-refractivity contribution in [2.24, 2.45) is 5.92 Å². The van der Waals surface area contributed by atoms with E-state index in [2.05, 4.69) is 23.8 Å². The first kappa shape index (κ1) is 6.33. The minimum absolute atomic E-state index is 0.733. The fourth-order valence-electron chi connectivity index (χ4n) is 0.876. The standard InChI is InChI=1S/C7H12N2/c1-6(2)3-7-4-8-5-9-7/h4-6H,3H2,1-2H3,(H,8,9)/p+1. The summed E-state index contributed by atoms with van der Waals surface area (Å²) < 4.78 is 0. The first-order valence-corrected chi connectivity index (χ1v) is 3.32. The van der Waals surface area contributed by atoms with Gasteiger partial charge in [0.2, 0.25) is 6.33 Å². The Hall–Kier alpha value is -0.790. The summed E-state index contributed by atoms with van der Waals surface area (Å²) in [5.74, 6) is 0.733. The third-order valence-electron chi connectivity index (χ3n) is 1.23. The monoisotopic (exact) mass is 125 g/mol. The van der Waals surface area contributed by atoms with Crippen LogP contribution in [0.5, 0.6) is 0 Å². The lowest BCUT2D eigenvalue weighted by molar-refractivity contribution is -0.376. The molecule has 0 fully saturated rings. The summed E-state index contributed by atoms with van der Waals surface area (Å²) in [6.07, 6.45) is 4.97. The molecule has 0 unspecified atom stereocenters. The van der Waals surface area contributed by atoms with Crippen LogP contribution in [0.25, 0.3) is 0 Å². The fourth-order valence-corrected chi connectivity index (χ4v) is 0.876. The van der Waals surface area contributed by atoms with Crippen molar-refractivity contribution >= 4 is 0 Å². The SMILES string of the molecule is CC(C)Cc1c[nH+]c[nH]1. The van der Waals surface area contributed by atoms with Crippen LogP contribution in [0.1, 0.15) is 19.5 Å². The molecule has 0 aliphatic heterocycles. The molecule has 50 valence electrons. The van der Waals surface area contributed by atoms with Gasteiger partial charge >= 0.3 is 0 Å². The van der Waals surface area contributed by atoms with Gasteiger partial charge in [0.25, 0.3) is 0 Å². The maximum absolute atomic E-state index is 3.11. The molecule has 9 heavy (non-hydrogen) atoms. The first-order chi connectivity index (χ1) is 4.29. The predicted octanol–water partition coefficient (Wildman–Crippen LogP) is 1.03. The van der Waals surface area contributed by atoms with Crippen LogP contribution in [0.3, 0.4) is 0 Å². The van der Waals surface area contributed by atoms with Gasteiger partial charge in [-0.2, -0.15) is 0 Å². The molecule has 1 aromatic heterocycles. The highest BCUT2D eigenvalue weighted by atomic mass is 14.9. The minimum Gasteiger partial charge on any atom is -0.250 e. The number of hydrogen-bond acceptors (Lipinski definition) is 0. The van der Waals surface area contributed by atoms with Crippen molar-refractivity contribution in [3.8, 4) is 0 Å². The molecule has 0 saturated carbocycles. The number of aromatic amines is 2. The molecule has 2 nitrogen and oxygen atoms in total. The zero-order valence-corrected chi connectivity index (χ0v) is 5.94. The quantitative estimate of drug-likeness (QED) is 0.612. The second-order valence-electron chi connectivity index (χ2n) is 2.72. The lowest BCUT2D eigenvalue weighted by Gasteiger charge is -1.95. The molecule has 1 rings (SSSR count). The van der Waals surface area contributed by atoms with Gasteiger partial charge in [0.05, 0.1) is 0 Å². The van der Waals surface area contributed by atoms with Gasteiger partial charge in [-0.05, 0) is 5.92 Å². The predicted molar refractivity (Wildman–Crippen MR) is 35.9 cm³/mol. The van der Waals surface area contributed by atoms with E-state index in [0.717, 1.165) is 12.3 Å². The second kappa shape index (κ2) is 2.67. The molecule has 0 bridgehead atoms. The third kappa shape index (κ3) is 1.88. The van der Waals surface area contributed by atoms with Crippen molar-refractivity contribution in [3.05, 3.63) is 18.2 Å². The molecule has 2 heteroatoms. The van der Waals surface area contributed by atoms with E-state index < -0.39 is 0 Å². The molecular weight excluding hydrogens is 112 g/mol. The van der Waals surface area contributed by atoms with Crippen molar-refractivity contribution in [2.75, 3.05) is 0 Å². The van der Waals surface area contributed by atoms with E-state index in [-0.39, 0.29) is 0 Å². The molecule has 0 atom stereocenters. The van der Waals surface area contributed by atoms with Crippen LogP contribution in [0.4, 0.5) is 0 Å². The van der Waals surface area contributed by atoms with Gasteiger partial charge in [-0.25, -0.2) is 4.98 Å². The average Bonchev–Trinajstić information content (AvgIpc) is 2.15. The molecule has 0 aliphatic carbocycles. The highest BCUT2D eigenvalue weighted by Gasteiger charge is 2.00. The molecular formula is C7H13N2+. The number of hydrogen-bond donors (Lipinski definition) is 1. The van der Waals surface area contributed by atoms with Crippen LogP contribution in [-0.2, 0) is 6.42 Å². The van der Waals surface area contributed by atoms with Gasteiger partial charge in [0.1, 0.15) is 11.9 Å². The molecule has 2 N–H and O–H groups in total. The van der Waals surface area contributed by atoms with E-state index in [0.29, 0.717) is 0 Å². The zero-order valence-electron chi connectivity index (χ0n) is 5.94. The summed E-state index contributed by atoms with van der Waals surface area (Å²) in [6.45, 7) is 4.42. The highest BCUT2D eigenvalue weighted by molar-refractivity contribution is 4.89. The normalized spacial score (nSPS) is 10.6. The lowest BCUT2D eigenvalue weighted by Crippen LogP contribution is -1.94. The summed E-state index contributed by atoms with van der Waals surface area (Å²) in [5.41, 5.74) is 1.28. The van der Waals surface area contributed by atoms with Crippen LogP contribution in [0.2, 0.25) is 0 Å². The highest BCUT2D eigenvalue weighted by Crippen LogP contribution is 2.00. The average molecular weight is 125 g/mol. The van der Waals surface area contributed by atoms with Crippen LogP contribution in [0, 0.1) is 5.92 Å². The first-order valence-electron chi connectivity index (χ1n) is 3.32. The smallest absolute Gasteiger partial charge is 0.239 e. The van der Waals surface area contributed by atoms with Gasteiger partial charge in [-0.3, -0.25) is 4.98 Å². The molecule has 0 aliphatic rings. The Morgan fingerprint density at radius 2 is 2.44 bits per heavy atom. The molecule has 1 aromatic rings. The number of aromatic nitrogens is 2. The lowest BCUT2D eigenvalue weighted by atomic mass is 10.1. The van der Waals surface area contributed by atoms with E-state index in [1.165, 1.54) is 5.69 Å². The number of H-pyrrole nitrogens is 2. The summed E-state index contributed by atoms with van der Waals surface area (Å²) in [4.78, 5) is 6.09. The van der Waals surface area contributed by atoms with Crippen molar-refractivity contribution in [1.29, 1.82) is 0 Å². The van der Waals surface area contributed by atoms with Crippen LogP contribution in [0.15, 0.2) is 12.5 Å². The van der Waals surface area contributed by atoms with E-state index in [1.54, 1.807) is 0 Å². The van der Waals surface area contributed by atoms with E-state index in [1.807, 2.05) is 12.5 Å². The molecule has 0 radical (unpaired) electrons. The Labute approximate surface area is 55.3 Å². The van der Waals surface area contributed by atoms with Crippen molar-refractivity contribution in [3.63, 3.8) is 0 Å². The van der Waals surface area contributed by atoms with Gasteiger partial charge in [-0.15, -0.1) is 0 Å². The van der Waals surface area contributed by atoms with Crippen LogP contribution >= 0.6 is 0 Å². The van der Waals surface area contributed by atoms with Gasteiger partial charge in [-0.1, -0.05) is 13.8 Å². The molecule has 1 heterocycles.